The monoisotopic (exact) mass is 145 g/mol. The Hall–Kier alpha value is -0.0800. The van der Waals surface area contributed by atoms with Crippen LogP contribution < -0.4 is 5.32 Å². The molecule has 1 N–H and O–H groups in total. The van der Waals surface area contributed by atoms with Gasteiger partial charge in [-0.3, -0.25) is 5.32 Å². The lowest BCUT2D eigenvalue weighted by molar-refractivity contribution is 0.0893. The van der Waals surface area contributed by atoms with Crippen LogP contribution in [0.1, 0.15) is 33.1 Å². The second kappa shape index (κ2) is 7.03. The van der Waals surface area contributed by atoms with Gasteiger partial charge in [0.1, 0.15) is 6.23 Å². The van der Waals surface area contributed by atoms with Crippen LogP contribution in [0.2, 0.25) is 0 Å². The molecule has 62 valence electrons. The van der Waals surface area contributed by atoms with Crippen LogP contribution in [0.5, 0.6) is 0 Å². The number of rotatable bonds is 6. The van der Waals surface area contributed by atoms with Gasteiger partial charge < -0.3 is 4.74 Å². The lowest BCUT2D eigenvalue weighted by Crippen LogP contribution is -2.28. The zero-order valence-corrected chi connectivity index (χ0v) is 7.31. The average Bonchev–Trinajstić information content (AvgIpc) is 1.98. The Bertz CT molecular complexity index is 66.3. The Kier molecular flexibility index (Phi) is 6.98. The quantitative estimate of drug-likeness (QED) is 0.454. The largest absolute Gasteiger partial charge is 0.367 e. The van der Waals surface area contributed by atoms with Crippen molar-refractivity contribution < 1.29 is 4.74 Å². The van der Waals surface area contributed by atoms with Crippen LogP contribution in [0.15, 0.2) is 0 Å². The van der Waals surface area contributed by atoms with Crippen LogP contribution in [0.25, 0.3) is 0 Å². The van der Waals surface area contributed by atoms with E-state index in [-0.39, 0.29) is 6.23 Å². The summed E-state index contributed by atoms with van der Waals surface area (Å²) in [6.45, 7) is 5.30. The summed E-state index contributed by atoms with van der Waals surface area (Å²) in [6, 6.07) is 0. The van der Waals surface area contributed by atoms with Gasteiger partial charge in [-0.2, -0.15) is 0 Å². The number of hydrogen-bond donors (Lipinski definition) is 1. The molecule has 0 aliphatic heterocycles. The van der Waals surface area contributed by atoms with E-state index in [9.17, 15) is 0 Å². The summed E-state index contributed by atoms with van der Waals surface area (Å²) in [5.41, 5.74) is 0. The normalized spacial score (nSPS) is 13.5. The number of ether oxygens (including phenoxy) is 1. The molecule has 0 aliphatic rings. The summed E-state index contributed by atoms with van der Waals surface area (Å²) < 4.78 is 5.02. The molecule has 0 aromatic heterocycles. The van der Waals surface area contributed by atoms with Crippen LogP contribution in [0, 0.1) is 0 Å². The molecule has 0 rings (SSSR count). The zero-order valence-electron chi connectivity index (χ0n) is 7.31. The van der Waals surface area contributed by atoms with E-state index in [0.717, 1.165) is 6.54 Å². The lowest BCUT2D eigenvalue weighted by Gasteiger charge is -2.10. The van der Waals surface area contributed by atoms with Gasteiger partial charge in [0.2, 0.25) is 0 Å². The first-order valence-electron chi connectivity index (χ1n) is 4.07. The van der Waals surface area contributed by atoms with E-state index >= 15 is 0 Å². The molecule has 0 amide bonds. The van der Waals surface area contributed by atoms with Crippen molar-refractivity contribution in [2.45, 2.75) is 39.3 Å². The van der Waals surface area contributed by atoms with Crippen molar-refractivity contribution in [2.75, 3.05) is 13.7 Å². The van der Waals surface area contributed by atoms with E-state index in [1.807, 2.05) is 6.92 Å². The third-order valence-electron chi connectivity index (χ3n) is 1.57. The number of methoxy groups -OCH3 is 1. The summed E-state index contributed by atoms with van der Waals surface area (Å²) in [6.07, 6.45) is 4.05. The average molecular weight is 145 g/mol. The highest BCUT2D eigenvalue weighted by Gasteiger charge is 1.94. The Morgan fingerprint density at radius 3 is 2.60 bits per heavy atom. The van der Waals surface area contributed by atoms with Crippen LogP contribution in [0.4, 0.5) is 0 Å². The van der Waals surface area contributed by atoms with Crippen LogP contribution in [-0.4, -0.2) is 19.9 Å². The standard InChI is InChI=1S/C8H19NO/c1-4-5-6-7-9-8(2)10-3/h8-9H,4-7H2,1-3H3. The highest BCUT2D eigenvalue weighted by atomic mass is 16.5. The van der Waals surface area contributed by atoms with E-state index in [2.05, 4.69) is 12.2 Å². The van der Waals surface area contributed by atoms with Gasteiger partial charge in [-0.05, 0) is 19.9 Å². The van der Waals surface area contributed by atoms with E-state index < -0.39 is 0 Å². The molecule has 0 aliphatic carbocycles. The Balaban J connectivity index is 2.89. The van der Waals surface area contributed by atoms with Crippen molar-refractivity contribution in [1.82, 2.24) is 5.32 Å². The number of unbranched alkanes of at least 4 members (excludes halogenated alkanes) is 2. The maximum Gasteiger partial charge on any atom is 0.104 e. The summed E-state index contributed by atoms with van der Waals surface area (Å²) in [7, 11) is 1.72. The van der Waals surface area contributed by atoms with Gasteiger partial charge in [0.25, 0.3) is 0 Å². The smallest absolute Gasteiger partial charge is 0.104 e. The highest BCUT2D eigenvalue weighted by molar-refractivity contribution is 4.47. The summed E-state index contributed by atoms with van der Waals surface area (Å²) in [5, 5.41) is 3.24. The van der Waals surface area contributed by atoms with Crippen LogP contribution >= 0.6 is 0 Å². The van der Waals surface area contributed by atoms with E-state index in [1.165, 1.54) is 19.3 Å². The minimum Gasteiger partial charge on any atom is -0.367 e. The maximum absolute atomic E-state index is 5.02. The SMILES string of the molecule is CCCCCNC(C)OC. The molecule has 0 saturated heterocycles. The van der Waals surface area contributed by atoms with Crippen molar-refractivity contribution in [3.05, 3.63) is 0 Å². The lowest BCUT2D eigenvalue weighted by atomic mass is 10.2. The highest BCUT2D eigenvalue weighted by Crippen LogP contribution is 1.92. The molecule has 0 spiro atoms. The molecule has 2 nitrogen and oxygen atoms in total. The predicted molar refractivity (Wildman–Crippen MR) is 44.0 cm³/mol. The minimum absolute atomic E-state index is 0.205. The van der Waals surface area contributed by atoms with Gasteiger partial charge in [0.05, 0.1) is 0 Å². The maximum atomic E-state index is 5.02. The second-order valence-electron chi connectivity index (χ2n) is 2.54. The third-order valence-corrected chi connectivity index (χ3v) is 1.57. The predicted octanol–water partition coefficient (Wildman–Crippen LogP) is 1.76. The van der Waals surface area contributed by atoms with Gasteiger partial charge >= 0.3 is 0 Å². The Morgan fingerprint density at radius 1 is 1.40 bits per heavy atom. The first kappa shape index (κ1) is 9.92. The Labute approximate surface area is 64.0 Å². The second-order valence-corrected chi connectivity index (χ2v) is 2.54. The molecular weight excluding hydrogens is 126 g/mol. The molecule has 2 heteroatoms. The first-order valence-corrected chi connectivity index (χ1v) is 4.07. The van der Waals surface area contributed by atoms with Gasteiger partial charge in [0, 0.05) is 7.11 Å². The van der Waals surface area contributed by atoms with Gasteiger partial charge in [-0.25, -0.2) is 0 Å². The van der Waals surface area contributed by atoms with Crippen molar-refractivity contribution in [3.63, 3.8) is 0 Å². The van der Waals surface area contributed by atoms with Crippen molar-refractivity contribution >= 4 is 0 Å². The molecule has 0 bridgehead atoms. The third kappa shape index (κ3) is 6.05. The molecular formula is C8H19NO. The van der Waals surface area contributed by atoms with E-state index in [1.54, 1.807) is 7.11 Å². The first-order chi connectivity index (χ1) is 4.81. The van der Waals surface area contributed by atoms with Crippen molar-refractivity contribution in [2.24, 2.45) is 0 Å². The molecule has 0 heterocycles. The van der Waals surface area contributed by atoms with Gasteiger partial charge in [0.15, 0.2) is 0 Å². The number of nitrogens with one attached hydrogen (secondary N) is 1. The molecule has 10 heavy (non-hydrogen) atoms. The van der Waals surface area contributed by atoms with E-state index in [0.29, 0.717) is 0 Å². The molecule has 0 aromatic rings. The fraction of sp³-hybridized carbons (Fsp3) is 1.00. The fourth-order valence-corrected chi connectivity index (χ4v) is 0.764. The zero-order chi connectivity index (χ0) is 7.82. The molecule has 0 fully saturated rings. The Morgan fingerprint density at radius 2 is 2.10 bits per heavy atom. The van der Waals surface area contributed by atoms with Crippen LogP contribution in [-0.2, 0) is 4.74 Å². The summed E-state index contributed by atoms with van der Waals surface area (Å²) in [5.74, 6) is 0. The molecule has 0 radical (unpaired) electrons. The fourth-order valence-electron chi connectivity index (χ4n) is 0.764. The van der Waals surface area contributed by atoms with Gasteiger partial charge in [-0.1, -0.05) is 19.8 Å². The minimum atomic E-state index is 0.205. The number of hydrogen-bond acceptors (Lipinski definition) is 2. The van der Waals surface area contributed by atoms with Crippen molar-refractivity contribution in [1.29, 1.82) is 0 Å². The van der Waals surface area contributed by atoms with E-state index in [4.69, 9.17) is 4.74 Å². The van der Waals surface area contributed by atoms with Gasteiger partial charge in [-0.15, -0.1) is 0 Å². The summed E-state index contributed by atoms with van der Waals surface area (Å²) in [4.78, 5) is 0. The molecule has 1 atom stereocenters. The topological polar surface area (TPSA) is 21.3 Å². The molecule has 1 unspecified atom stereocenters. The van der Waals surface area contributed by atoms with Crippen LogP contribution in [0.3, 0.4) is 0 Å². The van der Waals surface area contributed by atoms with Crippen molar-refractivity contribution in [3.8, 4) is 0 Å². The summed E-state index contributed by atoms with van der Waals surface area (Å²) >= 11 is 0. The molecule has 0 saturated carbocycles. The molecule has 0 aromatic carbocycles.